The Kier molecular flexibility index (Phi) is 4.60. The number of nitrogens with one attached hydrogen (secondary N) is 1. The summed E-state index contributed by atoms with van der Waals surface area (Å²) in [6.07, 6.45) is 5.48. The highest BCUT2D eigenvalue weighted by molar-refractivity contribution is 5.87. The lowest BCUT2D eigenvalue weighted by atomic mass is 10.1. The Morgan fingerprint density at radius 2 is 1.92 bits per heavy atom. The van der Waals surface area contributed by atoms with Crippen molar-refractivity contribution in [3.63, 3.8) is 0 Å². The van der Waals surface area contributed by atoms with Crippen molar-refractivity contribution in [2.75, 3.05) is 30.4 Å². The molecule has 0 spiro atoms. The van der Waals surface area contributed by atoms with E-state index in [2.05, 4.69) is 21.4 Å². The lowest BCUT2D eigenvalue weighted by molar-refractivity contribution is 0.410. The number of nitrogens with zero attached hydrogens (tertiary/aromatic N) is 5. The van der Waals surface area contributed by atoms with Crippen molar-refractivity contribution in [2.45, 2.75) is 25.8 Å². The largest absolute Gasteiger partial charge is 0.496 e. The van der Waals surface area contributed by atoms with E-state index in [1.807, 2.05) is 31.4 Å². The molecule has 0 aliphatic carbocycles. The van der Waals surface area contributed by atoms with Gasteiger partial charge in [0.05, 0.1) is 18.7 Å². The number of methoxy groups -OCH3 is 1. The molecule has 0 amide bonds. The van der Waals surface area contributed by atoms with Gasteiger partial charge in [0.2, 0.25) is 5.95 Å². The molecule has 3 heterocycles. The minimum atomic E-state index is 0.629. The average Bonchev–Trinajstić information content (AvgIpc) is 3.08. The molecule has 7 heteroatoms. The summed E-state index contributed by atoms with van der Waals surface area (Å²) in [7, 11) is 3.61. The number of rotatable bonds is 5. The monoisotopic (exact) mass is 352 g/mol. The first-order chi connectivity index (χ1) is 12.8. The fraction of sp³-hybridized carbons (Fsp3) is 0.421. The number of ether oxygens (including phenoxy) is 1. The molecule has 1 aliphatic heterocycles. The molecule has 4 rings (SSSR count). The van der Waals surface area contributed by atoms with E-state index in [0.717, 1.165) is 47.2 Å². The molecule has 0 unspecified atom stereocenters. The minimum Gasteiger partial charge on any atom is -0.496 e. The fourth-order valence-corrected chi connectivity index (χ4v) is 3.41. The van der Waals surface area contributed by atoms with Gasteiger partial charge in [-0.05, 0) is 25.3 Å². The summed E-state index contributed by atoms with van der Waals surface area (Å²) in [5.74, 6) is 2.46. The second-order valence-corrected chi connectivity index (χ2v) is 6.59. The van der Waals surface area contributed by atoms with Crippen molar-refractivity contribution >= 4 is 22.8 Å². The van der Waals surface area contributed by atoms with Crippen LogP contribution in [0.25, 0.3) is 11.0 Å². The summed E-state index contributed by atoms with van der Waals surface area (Å²) >= 11 is 0. The number of piperidine rings is 1. The summed E-state index contributed by atoms with van der Waals surface area (Å²) in [4.78, 5) is 11.8. The van der Waals surface area contributed by atoms with Gasteiger partial charge in [0.15, 0.2) is 5.65 Å². The van der Waals surface area contributed by atoms with E-state index in [0.29, 0.717) is 6.54 Å². The Hall–Kier alpha value is -2.83. The third-order valence-electron chi connectivity index (χ3n) is 4.86. The first-order valence-corrected chi connectivity index (χ1v) is 9.07. The van der Waals surface area contributed by atoms with Gasteiger partial charge in [-0.2, -0.15) is 15.1 Å². The number of anilines is 2. The Balaban J connectivity index is 1.66. The van der Waals surface area contributed by atoms with Crippen LogP contribution in [-0.2, 0) is 13.6 Å². The van der Waals surface area contributed by atoms with Crippen LogP contribution in [0.2, 0.25) is 0 Å². The lowest BCUT2D eigenvalue weighted by Crippen LogP contribution is -2.31. The molecule has 0 saturated carbocycles. The summed E-state index contributed by atoms with van der Waals surface area (Å²) in [6.45, 7) is 2.65. The maximum Gasteiger partial charge on any atom is 0.229 e. The number of fused-ring (bicyclic) bond motifs is 1. The standard InChI is InChI=1S/C19H24N6O/c1-24-18-15(13-21-24)17(20-12-14-8-4-5-9-16(14)26-2)22-19(23-18)25-10-6-3-7-11-25/h4-5,8-9,13H,3,6-7,10-12H2,1-2H3,(H,20,22,23). The molecule has 1 fully saturated rings. The van der Waals surface area contributed by atoms with E-state index in [9.17, 15) is 0 Å². The summed E-state index contributed by atoms with van der Waals surface area (Å²) in [6, 6.07) is 8.01. The molecule has 3 aromatic rings. The number of hydrogen-bond acceptors (Lipinski definition) is 6. The normalized spacial score (nSPS) is 14.6. The van der Waals surface area contributed by atoms with Crippen LogP contribution in [0.15, 0.2) is 30.5 Å². The average molecular weight is 352 g/mol. The topological polar surface area (TPSA) is 68.1 Å². The smallest absolute Gasteiger partial charge is 0.229 e. The maximum absolute atomic E-state index is 5.45. The van der Waals surface area contributed by atoms with Crippen LogP contribution in [0.3, 0.4) is 0 Å². The lowest BCUT2D eigenvalue weighted by Gasteiger charge is -2.27. The van der Waals surface area contributed by atoms with Crippen molar-refractivity contribution in [1.82, 2.24) is 19.7 Å². The molecular formula is C19H24N6O. The third kappa shape index (κ3) is 3.16. The molecule has 26 heavy (non-hydrogen) atoms. The molecule has 1 aliphatic rings. The van der Waals surface area contributed by atoms with E-state index < -0.39 is 0 Å². The Bertz CT molecular complexity index is 900. The molecule has 7 nitrogen and oxygen atoms in total. The Labute approximate surface area is 153 Å². The molecule has 1 N–H and O–H groups in total. The molecular weight excluding hydrogens is 328 g/mol. The Morgan fingerprint density at radius 3 is 2.73 bits per heavy atom. The number of para-hydroxylation sites is 1. The first-order valence-electron chi connectivity index (χ1n) is 9.07. The first kappa shape index (κ1) is 16.6. The Morgan fingerprint density at radius 1 is 1.12 bits per heavy atom. The van der Waals surface area contributed by atoms with E-state index in [4.69, 9.17) is 14.7 Å². The van der Waals surface area contributed by atoms with Crippen molar-refractivity contribution in [1.29, 1.82) is 0 Å². The summed E-state index contributed by atoms with van der Waals surface area (Å²) in [5.41, 5.74) is 1.94. The highest BCUT2D eigenvalue weighted by Gasteiger charge is 2.18. The van der Waals surface area contributed by atoms with Gasteiger partial charge < -0.3 is 15.0 Å². The van der Waals surface area contributed by atoms with Crippen LogP contribution in [0.5, 0.6) is 5.75 Å². The van der Waals surface area contributed by atoms with E-state index in [-0.39, 0.29) is 0 Å². The van der Waals surface area contributed by atoms with Gasteiger partial charge in [-0.3, -0.25) is 4.68 Å². The number of benzene rings is 1. The predicted octanol–water partition coefficient (Wildman–Crippen LogP) is 2.97. The molecule has 1 saturated heterocycles. The second kappa shape index (κ2) is 7.19. The van der Waals surface area contributed by atoms with Crippen molar-refractivity contribution in [3.8, 4) is 5.75 Å². The zero-order chi connectivity index (χ0) is 17.9. The van der Waals surface area contributed by atoms with Gasteiger partial charge in [0.25, 0.3) is 0 Å². The van der Waals surface area contributed by atoms with Crippen LogP contribution in [0, 0.1) is 0 Å². The van der Waals surface area contributed by atoms with Gasteiger partial charge in [0, 0.05) is 32.2 Å². The molecule has 0 radical (unpaired) electrons. The van der Waals surface area contributed by atoms with Crippen molar-refractivity contribution in [3.05, 3.63) is 36.0 Å². The quantitative estimate of drug-likeness (QED) is 0.761. The van der Waals surface area contributed by atoms with E-state index in [1.165, 1.54) is 19.3 Å². The van der Waals surface area contributed by atoms with Gasteiger partial charge in [0.1, 0.15) is 11.6 Å². The molecule has 136 valence electrons. The number of aryl methyl sites for hydroxylation is 1. The van der Waals surface area contributed by atoms with Gasteiger partial charge in [-0.1, -0.05) is 18.2 Å². The maximum atomic E-state index is 5.45. The molecule has 2 aromatic heterocycles. The van der Waals surface area contributed by atoms with Crippen molar-refractivity contribution in [2.24, 2.45) is 7.05 Å². The highest BCUT2D eigenvalue weighted by atomic mass is 16.5. The van der Waals surface area contributed by atoms with Gasteiger partial charge >= 0.3 is 0 Å². The van der Waals surface area contributed by atoms with E-state index >= 15 is 0 Å². The van der Waals surface area contributed by atoms with Crippen LogP contribution in [0.4, 0.5) is 11.8 Å². The van der Waals surface area contributed by atoms with Crippen LogP contribution < -0.4 is 15.0 Å². The molecule has 1 aromatic carbocycles. The zero-order valence-corrected chi connectivity index (χ0v) is 15.3. The summed E-state index contributed by atoms with van der Waals surface area (Å²) in [5, 5.41) is 8.76. The second-order valence-electron chi connectivity index (χ2n) is 6.59. The van der Waals surface area contributed by atoms with Crippen LogP contribution in [-0.4, -0.2) is 39.9 Å². The molecule has 0 atom stereocenters. The van der Waals surface area contributed by atoms with Crippen molar-refractivity contribution < 1.29 is 4.74 Å². The minimum absolute atomic E-state index is 0.629. The highest BCUT2D eigenvalue weighted by Crippen LogP contribution is 2.26. The SMILES string of the molecule is COc1ccccc1CNc1nc(N2CCCCC2)nc2c1cnn2C. The van der Waals surface area contributed by atoms with Gasteiger partial charge in [-0.15, -0.1) is 0 Å². The number of hydrogen-bond donors (Lipinski definition) is 1. The number of aromatic nitrogens is 4. The van der Waals surface area contributed by atoms with Gasteiger partial charge in [-0.25, -0.2) is 0 Å². The van der Waals surface area contributed by atoms with Crippen LogP contribution in [0.1, 0.15) is 24.8 Å². The van der Waals surface area contributed by atoms with Crippen LogP contribution >= 0.6 is 0 Å². The summed E-state index contributed by atoms with van der Waals surface area (Å²) < 4.78 is 7.25. The molecule has 0 bridgehead atoms. The predicted molar refractivity (Wildman–Crippen MR) is 103 cm³/mol. The third-order valence-corrected chi connectivity index (χ3v) is 4.86. The fourth-order valence-electron chi connectivity index (χ4n) is 3.41. The zero-order valence-electron chi connectivity index (χ0n) is 15.3. The van der Waals surface area contributed by atoms with E-state index in [1.54, 1.807) is 11.8 Å².